The molecule has 0 spiro atoms. The van der Waals surface area contributed by atoms with Crippen LogP contribution in [0.4, 0.5) is 0 Å². The van der Waals surface area contributed by atoms with Crippen LogP contribution in [0, 0.1) is 11.8 Å². The van der Waals surface area contributed by atoms with E-state index in [0.29, 0.717) is 46.9 Å². The predicted octanol–water partition coefficient (Wildman–Crippen LogP) is 4.19. The zero-order chi connectivity index (χ0) is 26.0. The van der Waals surface area contributed by atoms with Crippen LogP contribution in [0.3, 0.4) is 0 Å². The van der Waals surface area contributed by atoms with E-state index in [1.54, 1.807) is 19.2 Å². The zero-order valence-electron chi connectivity index (χ0n) is 21.6. The fourth-order valence-electron chi connectivity index (χ4n) is 5.64. The molecule has 8 nitrogen and oxygen atoms in total. The average molecular weight is 498 g/mol. The molecular formula is C28H35NO7. The number of ketones is 1. The number of allylic oxidation sites excluding steroid dienone is 3. The Labute approximate surface area is 212 Å². The first-order valence-corrected chi connectivity index (χ1v) is 12.6. The third kappa shape index (κ3) is 4.73. The Morgan fingerprint density at radius 1 is 1.11 bits per heavy atom. The van der Waals surface area contributed by atoms with Crippen molar-refractivity contribution in [2.45, 2.75) is 64.9 Å². The van der Waals surface area contributed by atoms with Crippen LogP contribution in [-0.4, -0.2) is 44.7 Å². The highest BCUT2D eigenvalue weighted by Crippen LogP contribution is 2.47. The standard InChI is InChI=1S/C28H35NO7/c1-6-35-20-12-11-17(14-21(20)33-4)24-23(28(32)36-18-9-7-8-10-18)16(3)29-19-13-15(2)22(27(31)34-5)26(30)25(19)24/h11-12,14-15,18,22,24,29H,6-10,13H2,1-5H3/t15-,22+,24+/m0/s1. The Morgan fingerprint density at radius 3 is 2.47 bits per heavy atom. The van der Waals surface area contributed by atoms with Crippen LogP contribution in [0.25, 0.3) is 0 Å². The minimum Gasteiger partial charge on any atom is -0.493 e. The predicted molar refractivity (Wildman–Crippen MR) is 132 cm³/mol. The molecule has 0 radical (unpaired) electrons. The van der Waals surface area contributed by atoms with E-state index in [1.165, 1.54) is 7.11 Å². The number of methoxy groups -OCH3 is 2. The second-order valence-corrected chi connectivity index (χ2v) is 9.69. The van der Waals surface area contributed by atoms with Crippen LogP contribution < -0.4 is 14.8 Å². The Balaban J connectivity index is 1.84. The molecule has 1 fully saturated rings. The third-order valence-electron chi connectivity index (χ3n) is 7.36. The molecule has 0 saturated heterocycles. The van der Waals surface area contributed by atoms with Crippen molar-refractivity contribution < 1.29 is 33.3 Å². The van der Waals surface area contributed by atoms with E-state index in [0.717, 1.165) is 31.4 Å². The van der Waals surface area contributed by atoms with Crippen LogP contribution in [0.1, 0.15) is 64.4 Å². The summed E-state index contributed by atoms with van der Waals surface area (Å²) in [7, 11) is 2.83. The van der Waals surface area contributed by atoms with Crippen molar-refractivity contribution in [2.75, 3.05) is 20.8 Å². The van der Waals surface area contributed by atoms with Crippen molar-refractivity contribution in [1.29, 1.82) is 0 Å². The fraction of sp³-hybridized carbons (Fsp3) is 0.536. The van der Waals surface area contributed by atoms with Crippen LogP contribution >= 0.6 is 0 Å². The number of hydrogen-bond donors (Lipinski definition) is 1. The van der Waals surface area contributed by atoms with Gasteiger partial charge < -0.3 is 24.3 Å². The summed E-state index contributed by atoms with van der Waals surface area (Å²) in [5, 5.41) is 3.30. The van der Waals surface area contributed by atoms with Crippen LogP contribution in [-0.2, 0) is 23.9 Å². The maximum absolute atomic E-state index is 13.9. The summed E-state index contributed by atoms with van der Waals surface area (Å²) in [5.41, 5.74) is 2.83. The molecule has 1 aromatic carbocycles. The smallest absolute Gasteiger partial charge is 0.337 e. The number of rotatable bonds is 7. The summed E-state index contributed by atoms with van der Waals surface area (Å²) >= 11 is 0. The molecule has 36 heavy (non-hydrogen) atoms. The van der Waals surface area contributed by atoms with Gasteiger partial charge in [0.25, 0.3) is 0 Å². The number of ether oxygens (including phenoxy) is 4. The number of hydrogen-bond acceptors (Lipinski definition) is 8. The second kappa shape index (κ2) is 10.8. The molecule has 1 N–H and O–H groups in total. The lowest BCUT2D eigenvalue weighted by molar-refractivity contribution is -0.151. The minimum atomic E-state index is -0.937. The fourth-order valence-corrected chi connectivity index (χ4v) is 5.64. The van der Waals surface area contributed by atoms with Gasteiger partial charge in [-0.25, -0.2) is 4.79 Å². The van der Waals surface area contributed by atoms with Gasteiger partial charge >= 0.3 is 11.9 Å². The summed E-state index contributed by atoms with van der Waals surface area (Å²) in [5.74, 6) is -2.18. The van der Waals surface area contributed by atoms with Crippen molar-refractivity contribution in [3.05, 3.63) is 46.3 Å². The second-order valence-electron chi connectivity index (χ2n) is 9.69. The minimum absolute atomic E-state index is 0.131. The summed E-state index contributed by atoms with van der Waals surface area (Å²) in [6.45, 7) is 6.04. The van der Waals surface area contributed by atoms with Gasteiger partial charge in [-0.05, 0) is 69.6 Å². The molecule has 0 bridgehead atoms. The van der Waals surface area contributed by atoms with Gasteiger partial charge in [-0.2, -0.15) is 0 Å². The molecule has 1 aromatic rings. The van der Waals surface area contributed by atoms with Crippen molar-refractivity contribution in [3.8, 4) is 11.5 Å². The molecule has 194 valence electrons. The summed E-state index contributed by atoms with van der Waals surface area (Å²) in [4.78, 5) is 40.1. The highest BCUT2D eigenvalue weighted by molar-refractivity contribution is 6.12. The molecule has 3 aliphatic rings. The maximum Gasteiger partial charge on any atom is 0.337 e. The van der Waals surface area contributed by atoms with E-state index in [9.17, 15) is 14.4 Å². The lowest BCUT2D eigenvalue weighted by Crippen LogP contribution is -2.43. The molecule has 2 aliphatic carbocycles. The third-order valence-corrected chi connectivity index (χ3v) is 7.36. The molecule has 1 saturated carbocycles. The number of benzene rings is 1. The average Bonchev–Trinajstić information content (AvgIpc) is 3.36. The van der Waals surface area contributed by atoms with Crippen LogP contribution in [0.5, 0.6) is 11.5 Å². The zero-order valence-corrected chi connectivity index (χ0v) is 21.6. The SMILES string of the molecule is CCOc1ccc([C@@H]2C(C(=O)OC3CCCC3)=C(C)NC3=C2C(=O)[C@H](C(=O)OC)[C@@H](C)C3)cc1OC. The van der Waals surface area contributed by atoms with Crippen molar-refractivity contribution in [3.63, 3.8) is 0 Å². The van der Waals surface area contributed by atoms with E-state index in [1.807, 2.05) is 26.8 Å². The van der Waals surface area contributed by atoms with Gasteiger partial charge in [0, 0.05) is 22.9 Å². The molecule has 0 aromatic heterocycles. The highest BCUT2D eigenvalue weighted by atomic mass is 16.5. The largest absolute Gasteiger partial charge is 0.493 e. The summed E-state index contributed by atoms with van der Waals surface area (Å²) in [6, 6.07) is 5.41. The molecule has 0 unspecified atom stereocenters. The lowest BCUT2D eigenvalue weighted by Gasteiger charge is -2.38. The monoisotopic (exact) mass is 497 g/mol. The first kappa shape index (κ1) is 25.8. The normalized spacial score (nSPS) is 24.2. The molecule has 1 heterocycles. The van der Waals surface area contributed by atoms with Gasteiger partial charge in [-0.1, -0.05) is 13.0 Å². The van der Waals surface area contributed by atoms with Gasteiger partial charge in [0.15, 0.2) is 17.3 Å². The van der Waals surface area contributed by atoms with Gasteiger partial charge in [0.05, 0.1) is 26.4 Å². The van der Waals surface area contributed by atoms with Crippen molar-refractivity contribution in [2.24, 2.45) is 11.8 Å². The highest BCUT2D eigenvalue weighted by Gasteiger charge is 2.47. The topological polar surface area (TPSA) is 100 Å². The van der Waals surface area contributed by atoms with Crippen molar-refractivity contribution >= 4 is 17.7 Å². The van der Waals surface area contributed by atoms with Crippen molar-refractivity contribution in [1.82, 2.24) is 5.32 Å². The molecule has 8 heteroatoms. The molecule has 3 atom stereocenters. The van der Waals surface area contributed by atoms with Gasteiger partial charge in [0.2, 0.25) is 0 Å². The van der Waals surface area contributed by atoms with E-state index in [-0.39, 0.29) is 17.8 Å². The number of esters is 2. The summed E-state index contributed by atoms with van der Waals surface area (Å²) < 4.78 is 22.1. The first-order valence-electron chi connectivity index (χ1n) is 12.6. The maximum atomic E-state index is 13.9. The number of Topliss-reactive ketones (excluding diaryl/α,β-unsaturated/α-hetero) is 1. The summed E-state index contributed by atoms with van der Waals surface area (Å²) in [6.07, 6.45) is 4.08. The Bertz CT molecular complexity index is 1110. The Kier molecular flexibility index (Phi) is 7.71. The Hall–Kier alpha value is -3.29. The number of carbonyl (C=O) groups excluding carboxylic acids is 3. The molecule has 4 rings (SSSR count). The lowest BCUT2D eigenvalue weighted by atomic mass is 9.69. The van der Waals surface area contributed by atoms with E-state index in [2.05, 4.69) is 5.32 Å². The van der Waals surface area contributed by atoms with Gasteiger partial charge in [-0.15, -0.1) is 0 Å². The van der Waals surface area contributed by atoms with Gasteiger partial charge in [-0.3, -0.25) is 9.59 Å². The van der Waals surface area contributed by atoms with E-state index in [4.69, 9.17) is 18.9 Å². The molecular weight excluding hydrogens is 462 g/mol. The molecule has 0 amide bonds. The van der Waals surface area contributed by atoms with Crippen LogP contribution in [0.15, 0.2) is 40.7 Å². The number of dihydropyridines is 1. The number of carbonyl (C=O) groups is 3. The van der Waals surface area contributed by atoms with E-state index < -0.39 is 23.8 Å². The van der Waals surface area contributed by atoms with Crippen LogP contribution in [0.2, 0.25) is 0 Å². The van der Waals surface area contributed by atoms with Gasteiger partial charge in [0.1, 0.15) is 12.0 Å². The quantitative estimate of drug-likeness (QED) is 0.442. The first-order chi connectivity index (χ1) is 17.3. The molecule has 1 aliphatic heterocycles. The Morgan fingerprint density at radius 2 is 1.83 bits per heavy atom. The van der Waals surface area contributed by atoms with E-state index >= 15 is 0 Å². The number of nitrogens with one attached hydrogen (secondary N) is 1.